The van der Waals surface area contributed by atoms with E-state index in [1.807, 2.05) is 22.2 Å². The first-order valence-corrected chi connectivity index (χ1v) is 30.6. The van der Waals surface area contributed by atoms with Gasteiger partial charge < -0.3 is 0 Å². The van der Waals surface area contributed by atoms with Gasteiger partial charge in [-0.1, -0.05) is 236 Å². The Kier molecular flexibility index (Phi) is 16.8. The Morgan fingerprint density at radius 2 is 0.787 bits per heavy atom. The molecule has 394 valence electrons. The monoisotopic (exact) mass is 1000 g/mol. The fraction of sp³-hybridized carbons (Fsp3) is 0.493. The van der Waals surface area contributed by atoms with Gasteiger partial charge in [0.15, 0.2) is 0 Å². The van der Waals surface area contributed by atoms with Gasteiger partial charge >= 0.3 is 0 Å². The zero-order chi connectivity index (χ0) is 51.9. The first-order valence-electron chi connectivity index (χ1n) is 30.6. The molecule has 4 aliphatic heterocycles. The third kappa shape index (κ3) is 9.84. The SMILES string of the molecule is CC=Cc1ccc2c(c1)C(CCCCCCCC)(CCCCCCCC)c1cc3c(cc1-2)C=CN1C(=O)C2=C4c5cc6c(cc5C=CN4C(=O)C2=C31)-c1ccccc1C6(CCCCCCCC)CCCCCCCC. The number of fused-ring (bicyclic) bond motifs is 13. The van der Waals surface area contributed by atoms with E-state index in [4.69, 9.17) is 0 Å². The summed E-state index contributed by atoms with van der Waals surface area (Å²) in [6.45, 7) is 11.3. The molecule has 6 aliphatic rings. The Morgan fingerprint density at radius 3 is 1.23 bits per heavy atom. The van der Waals surface area contributed by atoms with E-state index in [9.17, 15) is 0 Å². The molecule has 75 heavy (non-hydrogen) atoms. The molecular weight excluding hydrogens is 913 g/mol. The highest BCUT2D eigenvalue weighted by Gasteiger charge is 2.52. The average molecular weight is 1000 g/mol. The second-order valence-electron chi connectivity index (χ2n) is 23.5. The largest absolute Gasteiger partial charge is 0.282 e. The molecule has 4 heteroatoms. The van der Waals surface area contributed by atoms with Crippen molar-refractivity contribution < 1.29 is 9.59 Å². The second kappa shape index (κ2) is 23.8. The molecule has 10 rings (SSSR count). The van der Waals surface area contributed by atoms with E-state index >= 15 is 9.59 Å². The van der Waals surface area contributed by atoms with Crippen molar-refractivity contribution in [3.05, 3.63) is 146 Å². The molecule has 4 aromatic rings. The Hall–Kier alpha value is -5.48. The molecule has 4 nitrogen and oxygen atoms in total. The van der Waals surface area contributed by atoms with E-state index in [1.54, 1.807) is 0 Å². The van der Waals surface area contributed by atoms with Crippen molar-refractivity contribution in [2.75, 3.05) is 0 Å². The van der Waals surface area contributed by atoms with Crippen molar-refractivity contribution in [3.63, 3.8) is 0 Å². The summed E-state index contributed by atoms with van der Waals surface area (Å²) in [6.07, 6.45) is 47.4. The summed E-state index contributed by atoms with van der Waals surface area (Å²) in [5.74, 6) is -0.179. The molecule has 0 unspecified atom stereocenters. The fourth-order valence-electron chi connectivity index (χ4n) is 14.7. The van der Waals surface area contributed by atoms with Gasteiger partial charge in [-0.15, -0.1) is 0 Å². The van der Waals surface area contributed by atoms with Gasteiger partial charge in [0.2, 0.25) is 0 Å². The van der Waals surface area contributed by atoms with Gasteiger partial charge in [0.25, 0.3) is 11.8 Å². The lowest BCUT2D eigenvalue weighted by Gasteiger charge is -2.34. The maximum absolute atomic E-state index is 15.4. The number of hydrogen-bond donors (Lipinski definition) is 0. The van der Waals surface area contributed by atoms with Crippen molar-refractivity contribution in [3.8, 4) is 22.3 Å². The molecule has 0 saturated heterocycles. The number of unbranched alkanes of at least 4 members (excludes halogenated alkanes) is 20. The maximum atomic E-state index is 15.4. The van der Waals surface area contributed by atoms with Crippen LogP contribution in [0.3, 0.4) is 0 Å². The number of hydrogen-bond acceptors (Lipinski definition) is 2. The molecule has 2 aliphatic carbocycles. The number of rotatable bonds is 29. The summed E-state index contributed by atoms with van der Waals surface area (Å²) >= 11 is 0. The normalized spacial score (nSPS) is 16.7. The summed E-state index contributed by atoms with van der Waals surface area (Å²) in [4.78, 5) is 34.4. The number of nitrogens with zero attached hydrogens (tertiary/aromatic N) is 2. The number of carbonyl (C=O) groups excluding carboxylic acids is 2. The molecule has 0 N–H and O–H groups in total. The van der Waals surface area contributed by atoms with Crippen LogP contribution in [0.2, 0.25) is 0 Å². The van der Waals surface area contributed by atoms with Crippen LogP contribution in [0.1, 0.15) is 264 Å². The minimum absolute atomic E-state index is 0.0894. The summed E-state index contributed by atoms with van der Waals surface area (Å²) < 4.78 is 0. The lowest BCUT2D eigenvalue weighted by atomic mass is 9.69. The number of allylic oxidation sites excluding steroid dienone is 1. The fourth-order valence-corrected chi connectivity index (χ4v) is 14.7. The minimum atomic E-state index is -0.151. The molecule has 0 fully saturated rings. The number of carbonyl (C=O) groups is 2. The molecule has 0 bridgehead atoms. The highest BCUT2D eigenvalue weighted by Crippen LogP contribution is 2.60. The van der Waals surface area contributed by atoms with Crippen molar-refractivity contribution in [2.24, 2.45) is 0 Å². The molecule has 0 aromatic heterocycles. The van der Waals surface area contributed by atoms with Crippen LogP contribution in [0.4, 0.5) is 0 Å². The summed E-state index contributed by atoms with van der Waals surface area (Å²) in [5, 5.41) is 0. The van der Waals surface area contributed by atoms with Crippen LogP contribution in [0, 0.1) is 0 Å². The van der Waals surface area contributed by atoms with E-state index in [0.717, 1.165) is 59.3 Å². The van der Waals surface area contributed by atoms with Crippen LogP contribution in [0.15, 0.2) is 96.4 Å². The standard InChI is InChI=1S/C71H88N2O2/c1-6-11-15-19-23-29-40-70(41-30-24-20-16-12-7-2)60-35-28-27-34-54(60)58-47-52-38-44-72-66(56(52)49-62(58)70)64-65(69(72)75)67-57-50-63-59(48-53(57)39-45-73(67)68(64)74)55-37-36-51(33-10-5)46-61(55)71(63,42-31-25-21-17-13-8-3)43-32-26-22-18-14-9-4/h10,27-28,33-39,44-50H,6-9,11-26,29-32,40-43H2,1-5H3. The van der Waals surface area contributed by atoms with E-state index < -0.39 is 0 Å². The zero-order valence-electron chi connectivity index (χ0n) is 46.8. The third-order valence-electron chi connectivity index (χ3n) is 18.6. The lowest BCUT2D eigenvalue weighted by Crippen LogP contribution is -2.28. The van der Waals surface area contributed by atoms with Crippen LogP contribution < -0.4 is 0 Å². The van der Waals surface area contributed by atoms with E-state index in [0.29, 0.717) is 11.1 Å². The Bertz CT molecular complexity index is 2880. The van der Waals surface area contributed by atoms with E-state index in [2.05, 4.69) is 126 Å². The van der Waals surface area contributed by atoms with E-state index in [-0.39, 0.29) is 22.6 Å². The molecular formula is C71H88N2O2. The zero-order valence-corrected chi connectivity index (χ0v) is 46.8. The summed E-state index contributed by atoms with van der Waals surface area (Å²) in [6, 6.07) is 26.2. The van der Waals surface area contributed by atoms with Crippen molar-refractivity contribution in [1.29, 1.82) is 0 Å². The van der Waals surface area contributed by atoms with Gasteiger partial charge in [-0.05, 0) is 130 Å². The Labute approximate surface area is 452 Å². The van der Waals surface area contributed by atoms with Gasteiger partial charge in [0, 0.05) is 34.4 Å². The summed E-state index contributed by atoms with van der Waals surface area (Å²) in [7, 11) is 0. The summed E-state index contributed by atoms with van der Waals surface area (Å²) in [5.41, 5.74) is 19.0. The third-order valence-corrected chi connectivity index (χ3v) is 18.6. The van der Waals surface area contributed by atoms with Crippen molar-refractivity contribution in [2.45, 2.75) is 225 Å². The quantitative estimate of drug-likeness (QED) is 0.0509. The predicted octanol–water partition coefficient (Wildman–Crippen LogP) is 20.0. The highest BCUT2D eigenvalue weighted by molar-refractivity contribution is 6.32. The van der Waals surface area contributed by atoms with Crippen LogP contribution in [0.25, 0.3) is 51.9 Å². The van der Waals surface area contributed by atoms with Crippen LogP contribution in [-0.2, 0) is 20.4 Å². The predicted molar refractivity (Wildman–Crippen MR) is 318 cm³/mol. The van der Waals surface area contributed by atoms with Crippen LogP contribution in [-0.4, -0.2) is 21.6 Å². The maximum Gasteiger partial charge on any atom is 0.265 e. The van der Waals surface area contributed by atoms with Gasteiger partial charge in [-0.3, -0.25) is 19.4 Å². The highest BCUT2D eigenvalue weighted by atomic mass is 16.2. The molecule has 0 spiro atoms. The number of benzene rings is 4. The molecule has 0 saturated carbocycles. The van der Waals surface area contributed by atoms with Crippen molar-refractivity contribution >= 4 is 41.4 Å². The van der Waals surface area contributed by atoms with Gasteiger partial charge in [0.1, 0.15) is 0 Å². The van der Waals surface area contributed by atoms with E-state index in [1.165, 1.54) is 204 Å². The Balaban J connectivity index is 1.08. The van der Waals surface area contributed by atoms with Crippen LogP contribution >= 0.6 is 0 Å². The lowest BCUT2D eigenvalue weighted by molar-refractivity contribution is -0.122. The van der Waals surface area contributed by atoms with Crippen LogP contribution in [0.5, 0.6) is 0 Å². The molecule has 4 heterocycles. The molecule has 4 aromatic carbocycles. The number of amides is 2. The van der Waals surface area contributed by atoms with Gasteiger partial charge in [0.05, 0.1) is 22.5 Å². The first-order chi connectivity index (χ1) is 36.8. The molecule has 0 atom stereocenters. The first kappa shape index (κ1) is 52.9. The minimum Gasteiger partial charge on any atom is -0.282 e. The van der Waals surface area contributed by atoms with Crippen molar-refractivity contribution in [1.82, 2.24) is 9.80 Å². The average Bonchev–Trinajstić information content (AvgIpc) is 4.10. The molecule has 2 amide bonds. The Morgan fingerprint density at radius 1 is 0.400 bits per heavy atom. The smallest absolute Gasteiger partial charge is 0.265 e. The topological polar surface area (TPSA) is 40.6 Å². The van der Waals surface area contributed by atoms with Gasteiger partial charge in [-0.2, -0.15) is 0 Å². The second-order valence-corrected chi connectivity index (χ2v) is 23.5. The molecule has 0 radical (unpaired) electrons. The van der Waals surface area contributed by atoms with Gasteiger partial charge in [-0.25, -0.2) is 0 Å².